The second kappa shape index (κ2) is 13.0. The average molecular weight is 718 g/mol. The first-order valence-electron chi connectivity index (χ1n) is 18.7. The molecule has 262 valence electrons. The van der Waals surface area contributed by atoms with Gasteiger partial charge in [-0.2, -0.15) is 0 Å². The molecule has 0 saturated carbocycles. The molecule has 5 heteroatoms. The molecule has 0 aliphatic rings. The number of fused-ring (bicyclic) bond motifs is 6. The number of hydrogen-bond acceptors (Lipinski definition) is 5. The minimum absolute atomic E-state index is 0.658. The van der Waals surface area contributed by atoms with E-state index in [9.17, 15) is 0 Å². The van der Waals surface area contributed by atoms with Crippen LogP contribution in [0.5, 0.6) is 0 Å². The highest BCUT2D eigenvalue weighted by atomic mass is 16.3. The van der Waals surface area contributed by atoms with E-state index in [1.54, 1.807) is 0 Å². The molecule has 0 saturated heterocycles. The van der Waals surface area contributed by atoms with E-state index >= 15 is 0 Å². The summed E-state index contributed by atoms with van der Waals surface area (Å²) in [7, 11) is 0. The van der Waals surface area contributed by atoms with Crippen LogP contribution in [0.2, 0.25) is 0 Å². The van der Waals surface area contributed by atoms with E-state index in [1.165, 1.54) is 0 Å². The maximum atomic E-state index is 6.73. The number of furan rings is 2. The Labute approximate surface area is 322 Å². The fraction of sp³-hybridized carbons (Fsp3) is 0. The van der Waals surface area contributed by atoms with Crippen molar-refractivity contribution in [1.82, 2.24) is 15.0 Å². The number of rotatable bonds is 6. The Morgan fingerprint density at radius 2 is 0.946 bits per heavy atom. The van der Waals surface area contributed by atoms with Gasteiger partial charge in [-0.3, -0.25) is 4.98 Å². The fourth-order valence-electron chi connectivity index (χ4n) is 7.93. The largest absolute Gasteiger partial charge is 0.456 e. The number of para-hydroxylation sites is 2. The zero-order chi connectivity index (χ0) is 37.0. The van der Waals surface area contributed by atoms with Gasteiger partial charge in [0.25, 0.3) is 0 Å². The van der Waals surface area contributed by atoms with E-state index in [4.69, 9.17) is 18.8 Å². The minimum atomic E-state index is 0.658. The first-order chi connectivity index (χ1) is 27.7. The van der Waals surface area contributed by atoms with E-state index in [2.05, 4.69) is 114 Å². The summed E-state index contributed by atoms with van der Waals surface area (Å²) in [6.07, 6.45) is 1.81. The molecule has 11 rings (SSSR count). The maximum Gasteiger partial charge on any atom is 0.160 e. The van der Waals surface area contributed by atoms with Gasteiger partial charge in [0.2, 0.25) is 0 Å². The molecule has 0 spiro atoms. The second-order valence-corrected chi connectivity index (χ2v) is 13.9. The Kier molecular flexibility index (Phi) is 7.42. The Balaban J connectivity index is 1.04. The van der Waals surface area contributed by atoms with Crippen molar-refractivity contribution in [2.45, 2.75) is 0 Å². The van der Waals surface area contributed by atoms with Gasteiger partial charge in [0, 0.05) is 55.6 Å². The quantitative estimate of drug-likeness (QED) is 0.171. The van der Waals surface area contributed by atoms with Gasteiger partial charge in [-0.1, -0.05) is 133 Å². The first kappa shape index (κ1) is 31.9. The number of hydrogen-bond donors (Lipinski definition) is 0. The molecule has 0 radical (unpaired) electrons. The minimum Gasteiger partial charge on any atom is -0.456 e. The smallest absolute Gasteiger partial charge is 0.160 e. The van der Waals surface area contributed by atoms with Gasteiger partial charge in [0.05, 0.1) is 17.1 Å². The molecule has 4 heterocycles. The first-order valence-corrected chi connectivity index (χ1v) is 18.7. The Morgan fingerprint density at radius 3 is 1.73 bits per heavy atom. The zero-order valence-electron chi connectivity index (χ0n) is 30.1. The highest BCUT2D eigenvalue weighted by molar-refractivity contribution is 6.20. The van der Waals surface area contributed by atoms with Crippen LogP contribution >= 0.6 is 0 Å². The van der Waals surface area contributed by atoms with Crippen molar-refractivity contribution >= 4 is 43.9 Å². The molecule has 0 fully saturated rings. The van der Waals surface area contributed by atoms with Gasteiger partial charge in [0.15, 0.2) is 5.82 Å². The van der Waals surface area contributed by atoms with Crippen molar-refractivity contribution in [1.29, 1.82) is 0 Å². The third-order valence-corrected chi connectivity index (χ3v) is 10.6. The zero-order valence-corrected chi connectivity index (χ0v) is 30.1. The van der Waals surface area contributed by atoms with E-state index in [0.29, 0.717) is 5.82 Å². The molecular weight excluding hydrogens is 687 g/mol. The van der Waals surface area contributed by atoms with Crippen molar-refractivity contribution in [3.05, 3.63) is 188 Å². The third kappa shape index (κ3) is 5.37. The van der Waals surface area contributed by atoms with Crippen LogP contribution in [0.25, 0.3) is 111 Å². The summed E-state index contributed by atoms with van der Waals surface area (Å²) in [6.45, 7) is 0. The van der Waals surface area contributed by atoms with Crippen molar-refractivity contribution in [3.63, 3.8) is 0 Å². The molecule has 0 amide bonds. The van der Waals surface area contributed by atoms with Crippen LogP contribution < -0.4 is 0 Å². The van der Waals surface area contributed by atoms with E-state index < -0.39 is 0 Å². The van der Waals surface area contributed by atoms with Crippen LogP contribution in [0, 0.1) is 0 Å². The molecule has 7 aromatic carbocycles. The molecule has 0 unspecified atom stereocenters. The summed E-state index contributed by atoms with van der Waals surface area (Å²) in [5.74, 6) is 0.658. The van der Waals surface area contributed by atoms with Gasteiger partial charge in [-0.15, -0.1) is 0 Å². The van der Waals surface area contributed by atoms with Gasteiger partial charge < -0.3 is 8.83 Å². The van der Waals surface area contributed by atoms with Gasteiger partial charge in [0.1, 0.15) is 22.3 Å². The van der Waals surface area contributed by atoms with Crippen molar-refractivity contribution in [2.75, 3.05) is 0 Å². The third-order valence-electron chi connectivity index (χ3n) is 10.6. The molecule has 11 aromatic rings. The molecule has 0 aliphatic carbocycles. The highest BCUT2D eigenvalue weighted by Crippen LogP contribution is 2.45. The van der Waals surface area contributed by atoms with Crippen LogP contribution in [-0.4, -0.2) is 15.0 Å². The van der Waals surface area contributed by atoms with Gasteiger partial charge >= 0.3 is 0 Å². The van der Waals surface area contributed by atoms with Crippen LogP contribution in [0.1, 0.15) is 0 Å². The lowest BCUT2D eigenvalue weighted by Gasteiger charge is -2.12. The predicted octanol–water partition coefficient (Wildman–Crippen LogP) is 13.7. The highest BCUT2D eigenvalue weighted by Gasteiger charge is 2.21. The summed E-state index contributed by atoms with van der Waals surface area (Å²) >= 11 is 0. The van der Waals surface area contributed by atoms with Crippen molar-refractivity contribution in [3.8, 4) is 67.4 Å². The summed E-state index contributed by atoms with van der Waals surface area (Å²) < 4.78 is 13.0. The Morgan fingerprint density at radius 1 is 0.339 bits per heavy atom. The van der Waals surface area contributed by atoms with Crippen LogP contribution in [0.3, 0.4) is 0 Å². The monoisotopic (exact) mass is 717 g/mol. The molecule has 0 N–H and O–H groups in total. The summed E-state index contributed by atoms with van der Waals surface area (Å²) in [5, 5.41) is 4.34. The molecule has 5 nitrogen and oxygen atoms in total. The fourth-order valence-corrected chi connectivity index (χ4v) is 7.93. The van der Waals surface area contributed by atoms with Crippen LogP contribution in [0.4, 0.5) is 0 Å². The number of nitrogens with zero attached hydrogens (tertiary/aromatic N) is 3. The summed E-state index contributed by atoms with van der Waals surface area (Å²) in [6, 6.07) is 62.4. The molecular formula is C51H31N3O2. The summed E-state index contributed by atoms with van der Waals surface area (Å²) in [5.41, 5.74) is 14.3. The van der Waals surface area contributed by atoms with Crippen LogP contribution in [-0.2, 0) is 0 Å². The number of aromatic nitrogens is 3. The molecule has 0 aliphatic heterocycles. The number of pyridine rings is 1. The lowest BCUT2D eigenvalue weighted by Crippen LogP contribution is -1.96. The van der Waals surface area contributed by atoms with E-state index in [0.717, 1.165) is 105 Å². The van der Waals surface area contributed by atoms with Crippen molar-refractivity contribution < 1.29 is 8.83 Å². The Hall–Kier alpha value is -7.63. The Bertz CT molecular complexity index is 3240. The molecule has 56 heavy (non-hydrogen) atoms. The maximum absolute atomic E-state index is 6.73. The average Bonchev–Trinajstić information content (AvgIpc) is 3.86. The summed E-state index contributed by atoms with van der Waals surface area (Å²) in [4.78, 5) is 14.8. The molecule has 4 aromatic heterocycles. The van der Waals surface area contributed by atoms with Crippen LogP contribution in [0.15, 0.2) is 197 Å². The number of benzene rings is 7. The van der Waals surface area contributed by atoms with E-state index in [1.807, 2.05) is 79.0 Å². The lowest BCUT2D eigenvalue weighted by molar-refractivity contribution is 0.668. The second-order valence-electron chi connectivity index (χ2n) is 13.9. The lowest BCUT2D eigenvalue weighted by atomic mass is 9.92. The SMILES string of the molecule is c1ccc(-c2cc(-c3ccc(-c4ccc(-c5cccc6oc7ccccc7c56)c5oc6ccccc6c45)cc3)nc(-c3cccc(-c4ccccn4)c3)n2)cc1. The van der Waals surface area contributed by atoms with Gasteiger partial charge in [-0.05, 0) is 65.2 Å². The van der Waals surface area contributed by atoms with E-state index in [-0.39, 0.29) is 0 Å². The van der Waals surface area contributed by atoms with Crippen molar-refractivity contribution in [2.24, 2.45) is 0 Å². The topological polar surface area (TPSA) is 65.0 Å². The predicted molar refractivity (Wildman–Crippen MR) is 227 cm³/mol. The molecule has 0 bridgehead atoms. The van der Waals surface area contributed by atoms with Gasteiger partial charge in [-0.25, -0.2) is 9.97 Å². The molecule has 0 atom stereocenters. The standard InChI is InChI=1S/C51H31N3O2/c1-2-12-33(13-3-1)43-31-44(54-51(53-43)36-15-10-14-35(30-36)42-19-8-9-29-52-42)34-25-23-32(24-26-34)37-27-28-39(50-49(37)41-17-5-7-21-46(41)56-50)38-18-11-22-47-48(38)40-16-4-6-20-45(40)55-47/h1-31H. The normalized spacial score (nSPS) is 11.6.